The van der Waals surface area contributed by atoms with E-state index in [4.69, 9.17) is 0 Å². The van der Waals surface area contributed by atoms with Crippen LogP contribution in [-0.4, -0.2) is 42.2 Å². The molecule has 2 aliphatic rings. The van der Waals surface area contributed by atoms with Crippen LogP contribution in [0, 0.1) is 26.7 Å². The van der Waals surface area contributed by atoms with Crippen molar-refractivity contribution in [3.63, 3.8) is 0 Å². The van der Waals surface area contributed by atoms with Crippen LogP contribution in [-0.2, 0) is 22.4 Å². The van der Waals surface area contributed by atoms with E-state index in [9.17, 15) is 24.9 Å². The topological polar surface area (TPSA) is 154 Å². The molecule has 0 saturated carbocycles. The first kappa shape index (κ1) is 28.6. The largest absolute Gasteiger partial charge is 0.515 e. The van der Waals surface area contributed by atoms with Crippen LogP contribution in [0.25, 0.3) is 30.6 Å². The van der Waals surface area contributed by atoms with Gasteiger partial charge in [0.25, 0.3) is 0 Å². The van der Waals surface area contributed by atoms with E-state index in [2.05, 4.69) is 26.8 Å². The van der Waals surface area contributed by atoms with Gasteiger partial charge in [-0.25, -0.2) is 0 Å². The minimum Gasteiger partial charge on any atom is -0.515 e. The molecule has 0 radical (unpaired) electrons. The number of carboxylic acid groups (broad SMARTS) is 2. The van der Waals surface area contributed by atoms with Crippen LogP contribution in [0.2, 0.25) is 0 Å². The number of carbonyl (C=O) groups is 2. The Bertz CT molecular complexity index is 1940. The molecule has 9 nitrogen and oxygen atoms in total. The van der Waals surface area contributed by atoms with Gasteiger partial charge in [-0.3, -0.25) is 9.59 Å². The zero-order valence-electron chi connectivity index (χ0n) is 24.2. The Hall–Kier alpha value is -4.92. The summed E-state index contributed by atoms with van der Waals surface area (Å²) >= 11 is 0. The minimum absolute atomic E-state index is 0.0179. The number of aromatic amines is 3. The molecule has 0 aliphatic carbocycles. The molecule has 9 heteroatoms. The molecule has 3 aromatic heterocycles. The predicted octanol–water partition coefficient (Wildman–Crippen LogP) is 2.40. The monoisotopic (exact) mass is 568 g/mol. The average molecular weight is 569 g/mol. The van der Waals surface area contributed by atoms with Crippen LogP contribution < -0.4 is 26.6 Å². The summed E-state index contributed by atoms with van der Waals surface area (Å²) in [5, 5.41) is 35.6. The Morgan fingerprint density at radius 1 is 0.786 bits per heavy atom. The lowest BCUT2D eigenvalue weighted by Gasteiger charge is -2.08. The molecule has 0 unspecified atom stereocenters. The van der Waals surface area contributed by atoms with E-state index in [1.807, 2.05) is 58.1 Å². The van der Waals surface area contributed by atoms with Crippen molar-refractivity contribution in [1.82, 2.24) is 20.3 Å². The molecule has 2 aliphatic heterocycles. The number of aliphatic hydroxyl groups is 1. The van der Waals surface area contributed by atoms with Gasteiger partial charge < -0.3 is 35.6 Å². The fraction of sp³-hybridized carbons (Fsp3) is 0.273. The van der Waals surface area contributed by atoms with Crippen molar-refractivity contribution in [2.24, 2.45) is 5.92 Å². The second kappa shape index (κ2) is 11.2. The highest BCUT2D eigenvalue weighted by Crippen LogP contribution is 2.33. The van der Waals surface area contributed by atoms with E-state index >= 15 is 0 Å². The van der Waals surface area contributed by atoms with E-state index in [-0.39, 0.29) is 18.8 Å². The molecule has 0 fully saturated rings. The summed E-state index contributed by atoms with van der Waals surface area (Å²) in [6.07, 6.45) is 11.6. The number of rotatable bonds is 7. The second-order valence-corrected chi connectivity index (χ2v) is 11.0. The van der Waals surface area contributed by atoms with Crippen molar-refractivity contribution >= 4 is 42.5 Å². The summed E-state index contributed by atoms with van der Waals surface area (Å²) in [6.45, 7) is 12.0. The molecule has 0 saturated heterocycles. The van der Waals surface area contributed by atoms with E-state index in [1.165, 1.54) is 0 Å². The maximum atomic E-state index is 11.5. The van der Waals surface area contributed by atoms with Crippen LogP contribution >= 0.6 is 0 Å². The highest BCUT2D eigenvalue weighted by molar-refractivity contribution is 5.71. The van der Waals surface area contributed by atoms with Gasteiger partial charge in [0.05, 0.1) is 11.6 Å². The number of aliphatic hydroxyl groups excluding tert-OH is 1. The molecule has 3 aromatic rings. The van der Waals surface area contributed by atoms with E-state index < -0.39 is 11.9 Å². The van der Waals surface area contributed by atoms with Crippen molar-refractivity contribution in [2.75, 3.05) is 0 Å². The van der Waals surface area contributed by atoms with Crippen LogP contribution in [0.4, 0.5) is 0 Å². The molecule has 0 amide bonds. The fourth-order valence-corrected chi connectivity index (χ4v) is 5.98. The Balaban J connectivity index is 1.88. The highest BCUT2D eigenvalue weighted by Gasteiger charge is 2.25. The summed E-state index contributed by atoms with van der Waals surface area (Å²) < 4.78 is 0. The third-order valence-electron chi connectivity index (χ3n) is 8.48. The van der Waals surface area contributed by atoms with Crippen molar-refractivity contribution in [1.29, 1.82) is 0 Å². The Morgan fingerprint density at radius 2 is 1.43 bits per heavy atom. The normalized spacial score (nSPS) is 20.0. The first-order valence-corrected chi connectivity index (χ1v) is 13.9. The predicted molar refractivity (Wildman–Crippen MR) is 163 cm³/mol. The third-order valence-corrected chi connectivity index (χ3v) is 8.48. The van der Waals surface area contributed by atoms with Crippen molar-refractivity contribution < 1.29 is 24.9 Å². The molecule has 5 rings (SSSR count). The molecule has 218 valence electrons. The van der Waals surface area contributed by atoms with E-state index in [0.29, 0.717) is 18.1 Å². The Morgan fingerprint density at radius 3 is 2.07 bits per heavy atom. The van der Waals surface area contributed by atoms with Gasteiger partial charge in [-0.15, -0.1) is 6.58 Å². The van der Waals surface area contributed by atoms with Gasteiger partial charge in [-0.2, -0.15) is 0 Å². The Kier molecular flexibility index (Phi) is 7.60. The van der Waals surface area contributed by atoms with Crippen molar-refractivity contribution in [2.45, 2.75) is 53.4 Å². The van der Waals surface area contributed by atoms with Gasteiger partial charge in [0.2, 0.25) is 0 Å². The number of aliphatic carboxylic acids is 2. The average Bonchev–Trinajstić information content (AvgIpc) is 3.59. The molecular weight excluding hydrogens is 532 g/mol. The van der Waals surface area contributed by atoms with Gasteiger partial charge in [0.15, 0.2) is 0 Å². The molecule has 42 heavy (non-hydrogen) atoms. The van der Waals surface area contributed by atoms with E-state index in [0.717, 1.165) is 84.2 Å². The van der Waals surface area contributed by atoms with Gasteiger partial charge >= 0.3 is 11.9 Å². The van der Waals surface area contributed by atoms with Crippen LogP contribution in [0.1, 0.15) is 64.7 Å². The van der Waals surface area contributed by atoms with Gasteiger partial charge in [0.1, 0.15) is 0 Å². The van der Waals surface area contributed by atoms with Gasteiger partial charge in [-0.1, -0.05) is 6.08 Å². The van der Waals surface area contributed by atoms with Crippen molar-refractivity contribution in [3.05, 3.63) is 95.8 Å². The molecular formula is C33H36N4O5. The lowest BCUT2D eigenvalue weighted by atomic mass is 9.97. The number of hydrogen-bond acceptors (Lipinski definition) is 4. The zero-order valence-corrected chi connectivity index (χ0v) is 24.2. The number of nitrogens with one attached hydrogen (secondary N) is 4. The van der Waals surface area contributed by atoms with E-state index in [1.54, 1.807) is 0 Å². The number of carboxylic acids is 2. The number of fused-ring (bicyclic) bond motifs is 8. The molecule has 5 heterocycles. The minimum atomic E-state index is -0.885. The molecule has 7 N–H and O–H groups in total. The number of H-pyrrole nitrogens is 3. The molecule has 0 aromatic carbocycles. The maximum Gasteiger partial charge on any atom is 0.303 e. The third kappa shape index (κ3) is 5.13. The quantitative estimate of drug-likeness (QED) is 0.217. The van der Waals surface area contributed by atoms with Crippen LogP contribution in [0.3, 0.4) is 0 Å². The standard InChI is InChI=1S/C33H36N4O5/c1-6-20-16(2)26-13-31-23(15-38)19(5)25(37-31)11-24-17(3)21(7-9-32(39)40)29(35-24)14-30-22(8-10-33(41)42)18(4)27(36-30)12-28(20)34-26/h6,11-15,20,34-38H,1,7-10H2,2-5H3,(H,39,40)(H,41,42)/b23-15-,24-11-,28-12-,29-14-,31-13-/t20-/m1/s1. The number of allylic oxidation sites excluding steroid dienone is 2. The molecule has 0 spiro atoms. The summed E-state index contributed by atoms with van der Waals surface area (Å²) in [5.41, 5.74) is 9.84. The summed E-state index contributed by atoms with van der Waals surface area (Å²) in [7, 11) is 0. The smallest absolute Gasteiger partial charge is 0.303 e. The van der Waals surface area contributed by atoms with Gasteiger partial charge in [0, 0.05) is 63.2 Å². The maximum absolute atomic E-state index is 11.5. The zero-order chi connectivity index (χ0) is 30.3. The lowest BCUT2D eigenvalue weighted by Crippen LogP contribution is -2.25. The highest BCUT2D eigenvalue weighted by atomic mass is 16.4. The van der Waals surface area contributed by atoms with Crippen molar-refractivity contribution in [3.8, 4) is 0 Å². The SMILES string of the molecule is C=C[C@@H]1C(C)=C2/C=c3\[nH]c(c(C)\c3=C\O)/C=c3\[nH]/c(c(CCC(=O)O)c3C)=C\c3[nH]c(c(C)c3CCC(=O)O)/C=C/1N2. The fourth-order valence-electron chi connectivity index (χ4n) is 5.98. The summed E-state index contributed by atoms with van der Waals surface area (Å²) in [4.78, 5) is 33.5. The van der Waals surface area contributed by atoms with Crippen LogP contribution in [0.15, 0.2) is 29.6 Å². The number of aromatic nitrogens is 3. The first-order valence-electron chi connectivity index (χ1n) is 13.9. The first-order chi connectivity index (χ1) is 20.0. The summed E-state index contributed by atoms with van der Waals surface area (Å²) in [6, 6.07) is 0. The van der Waals surface area contributed by atoms with Gasteiger partial charge in [-0.05, 0) is 98.2 Å². The number of hydrogen-bond donors (Lipinski definition) is 7. The molecule has 8 bridgehead atoms. The summed E-state index contributed by atoms with van der Waals surface area (Å²) in [5.74, 6) is -1.83. The lowest BCUT2D eigenvalue weighted by molar-refractivity contribution is -0.138. The Labute approximate surface area is 242 Å². The molecule has 1 atom stereocenters. The second-order valence-electron chi connectivity index (χ2n) is 11.0. The van der Waals surface area contributed by atoms with Crippen LogP contribution in [0.5, 0.6) is 0 Å².